The fraction of sp³-hybridized carbons (Fsp3) is 0.615. The van der Waals surface area contributed by atoms with E-state index in [0.717, 1.165) is 43.8 Å². The van der Waals surface area contributed by atoms with Gasteiger partial charge in [-0.05, 0) is 55.4 Å². The van der Waals surface area contributed by atoms with Crippen LogP contribution in [0, 0.1) is 5.92 Å². The summed E-state index contributed by atoms with van der Waals surface area (Å²) in [6.07, 6.45) is 2.66. The van der Waals surface area contributed by atoms with Crippen LogP contribution in [0.15, 0.2) is 29.1 Å². The molecule has 3 heterocycles. The SMILES string of the molecule is Cn1c(-c2cccc(N3CCC(CCO[Si](C)(C)C(C)(C)C)C3)c2)nn(C2CCC(=O)NC2=O)c1=O. The molecule has 0 radical (unpaired) electrons. The zero-order valence-corrected chi connectivity index (χ0v) is 23.3. The first-order chi connectivity index (χ1) is 16.9. The number of anilines is 1. The smallest absolute Gasteiger partial charge is 0.346 e. The molecule has 9 nitrogen and oxygen atoms in total. The summed E-state index contributed by atoms with van der Waals surface area (Å²) in [5.41, 5.74) is 1.55. The molecule has 1 aromatic carbocycles. The van der Waals surface area contributed by atoms with Crippen LogP contribution in [0.5, 0.6) is 0 Å². The standard InChI is InChI=1S/C26H39N5O4Si/c1-26(2,3)36(5,6)35-15-13-18-12-14-30(17-18)20-9-7-8-19(16-20)23-28-31(25(34)29(23)4)21-10-11-22(32)27-24(21)33/h7-9,16,18,21H,10-15,17H2,1-6H3,(H,27,32,33). The van der Waals surface area contributed by atoms with Gasteiger partial charge in [-0.1, -0.05) is 32.9 Å². The Morgan fingerprint density at radius 1 is 1.17 bits per heavy atom. The molecule has 36 heavy (non-hydrogen) atoms. The van der Waals surface area contributed by atoms with Crippen LogP contribution in [0.2, 0.25) is 18.1 Å². The van der Waals surface area contributed by atoms with E-state index in [1.807, 2.05) is 12.1 Å². The Morgan fingerprint density at radius 3 is 2.61 bits per heavy atom. The van der Waals surface area contributed by atoms with Crippen molar-refractivity contribution in [3.63, 3.8) is 0 Å². The normalized spacial score (nSPS) is 21.2. The Labute approximate surface area is 213 Å². The molecule has 2 atom stereocenters. The number of benzene rings is 1. The molecule has 4 rings (SSSR count). The van der Waals surface area contributed by atoms with Gasteiger partial charge in [0.25, 0.3) is 5.91 Å². The largest absolute Gasteiger partial charge is 0.417 e. The quantitative estimate of drug-likeness (QED) is 0.450. The zero-order valence-electron chi connectivity index (χ0n) is 22.3. The van der Waals surface area contributed by atoms with Gasteiger partial charge in [0.15, 0.2) is 14.1 Å². The van der Waals surface area contributed by atoms with E-state index in [2.05, 4.69) is 61.3 Å². The second-order valence-corrected chi connectivity index (χ2v) is 16.4. The van der Waals surface area contributed by atoms with E-state index in [9.17, 15) is 14.4 Å². The van der Waals surface area contributed by atoms with Gasteiger partial charge < -0.3 is 9.33 Å². The van der Waals surface area contributed by atoms with E-state index in [1.165, 1.54) is 9.25 Å². The van der Waals surface area contributed by atoms with Crippen molar-refractivity contribution < 1.29 is 14.0 Å². The van der Waals surface area contributed by atoms with Gasteiger partial charge in [-0.15, -0.1) is 5.10 Å². The summed E-state index contributed by atoms with van der Waals surface area (Å²) < 4.78 is 9.07. The number of nitrogens with one attached hydrogen (secondary N) is 1. The van der Waals surface area contributed by atoms with Gasteiger partial charge in [0.2, 0.25) is 5.91 Å². The third-order valence-electron chi connectivity index (χ3n) is 8.06. The van der Waals surface area contributed by atoms with Crippen molar-refractivity contribution in [2.45, 2.75) is 70.6 Å². The number of carbonyl (C=O) groups is 2. The van der Waals surface area contributed by atoms with Gasteiger partial charge in [0, 0.05) is 44.4 Å². The van der Waals surface area contributed by atoms with Gasteiger partial charge in [-0.2, -0.15) is 0 Å². The highest BCUT2D eigenvalue weighted by Gasteiger charge is 2.37. The monoisotopic (exact) mass is 513 g/mol. The molecule has 0 saturated carbocycles. The summed E-state index contributed by atoms with van der Waals surface area (Å²) in [7, 11) is -0.0626. The number of hydrogen-bond acceptors (Lipinski definition) is 6. The lowest BCUT2D eigenvalue weighted by Gasteiger charge is -2.36. The minimum Gasteiger partial charge on any atom is -0.417 e. The van der Waals surface area contributed by atoms with Crippen molar-refractivity contribution in [3.05, 3.63) is 34.7 Å². The lowest BCUT2D eigenvalue weighted by molar-refractivity contribution is -0.136. The lowest BCUT2D eigenvalue weighted by atomic mass is 10.1. The molecule has 0 spiro atoms. The summed E-state index contributed by atoms with van der Waals surface area (Å²) in [5, 5.41) is 7.03. The van der Waals surface area contributed by atoms with Crippen LogP contribution in [-0.2, 0) is 21.1 Å². The van der Waals surface area contributed by atoms with E-state index < -0.39 is 20.3 Å². The zero-order chi connectivity index (χ0) is 26.3. The lowest BCUT2D eigenvalue weighted by Crippen LogP contribution is -2.44. The summed E-state index contributed by atoms with van der Waals surface area (Å²) >= 11 is 0. The molecule has 2 fully saturated rings. The number of hydrogen-bond donors (Lipinski definition) is 1. The van der Waals surface area contributed by atoms with E-state index in [0.29, 0.717) is 11.7 Å². The summed E-state index contributed by atoms with van der Waals surface area (Å²) in [5.74, 6) is 0.301. The van der Waals surface area contributed by atoms with E-state index in [-0.39, 0.29) is 29.5 Å². The molecule has 2 saturated heterocycles. The molecular weight excluding hydrogens is 474 g/mol. The number of piperidine rings is 1. The number of carbonyl (C=O) groups excluding carboxylic acids is 2. The van der Waals surface area contributed by atoms with E-state index >= 15 is 0 Å². The van der Waals surface area contributed by atoms with Crippen LogP contribution in [0.3, 0.4) is 0 Å². The third kappa shape index (κ3) is 5.34. The summed E-state index contributed by atoms with van der Waals surface area (Å²) in [6, 6.07) is 7.29. The molecule has 2 aliphatic heterocycles. The van der Waals surface area contributed by atoms with Crippen LogP contribution in [0.4, 0.5) is 5.69 Å². The predicted octanol–water partition coefficient (Wildman–Crippen LogP) is 3.46. The molecule has 2 aromatic rings. The Hall–Kier alpha value is -2.72. The number of rotatable bonds is 7. The van der Waals surface area contributed by atoms with Crippen molar-refractivity contribution in [2.24, 2.45) is 13.0 Å². The van der Waals surface area contributed by atoms with Crippen molar-refractivity contribution in [1.29, 1.82) is 0 Å². The molecule has 2 amide bonds. The minimum absolute atomic E-state index is 0.196. The average molecular weight is 514 g/mol. The van der Waals surface area contributed by atoms with Gasteiger partial charge in [0.05, 0.1) is 0 Å². The van der Waals surface area contributed by atoms with Crippen molar-refractivity contribution in [3.8, 4) is 11.4 Å². The van der Waals surface area contributed by atoms with E-state index in [1.54, 1.807) is 7.05 Å². The number of imide groups is 1. The maximum absolute atomic E-state index is 12.9. The minimum atomic E-state index is -1.72. The fourth-order valence-corrected chi connectivity index (χ4v) is 5.73. The van der Waals surface area contributed by atoms with Crippen LogP contribution in [0.1, 0.15) is 52.5 Å². The molecular formula is C26H39N5O4Si. The summed E-state index contributed by atoms with van der Waals surface area (Å²) in [6.45, 7) is 14.2. The van der Waals surface area contributed by atoms with Crippen molar-refractivity contribution in [1.82, 2.24) is 19.7 Å². The first-order valence-electron chi connectivity index (χ1n) is 12.9. The highest BCUT2D eigenvalue weighted by atomic mass is 28.4. The highest BCUT2D eigenvalue weighted by Crippen LogP contribution is 2.37. The van der Waals surface area contributed by atoms with Crippen LogP contribution >= 0.6 is 0 Å². The number of aromatic nitrogens is 3. The topological polar surface area (TPSA) is 98.5 Å². The molecule has 1 aromatic heterocycles. The second-order valence-electron chi connectivity index (χ2n) is 11.6. The molecule has 2 aliphatic rings. The Balaban J connectivity index is 1.44. The maximum Gasteiger partial charge on any atom is 0.346 e. The molecule has 1 N–H and O–H groups in total. The Bertz CT molecular complexity index is 1200. The molecule has 196 valence electrons. The van der Waals surface area contributed by atoms with Crippen molar-refractivity contribution >= 4 is 25.8 Å². The van der Waals surface area contributed by atoms with Crippen molar-refractivity contribution in [2.75, 3.05) is 24.6 Å². The van der Waals surface area contributed by atoms with Gasteiger partial charge in [-0.25, -0.2) is 9.48 Å². The number of amides is 2. The Morgan fingerprint density at radius 2 is 1.92 bits per heavy atom. The van der Waals surface area contributed by atoms with Gasteiger partial charge >= 0.3 is 5.69 Å². The first-order valence-corrected chi connectivity index (χ1v) is 15.8. The molecule has 10 heteroatoms. The summed E-state index contributed by atoms with van der Waals surface area (Å²) in [4.78, 5) is 39.1. The predicted molar refractivity (Wildman–Crippen MR) is 142 cm³/mol. The van der Waals surface area contributed by atoms with Gasteiger partial charge in [0.1, 0.15) is 6.04 Å². The maximum atomic E-state index is 12.9. The second kappa shape index (κ2) is 9.97. The molecule has 2 unspecified atom stereocenters. The van der Waals surface area contributed by atoms with Crippen LogP contribution < -0.4 is 15.9 Å². The third-order valence-corrected chi connectivity index (χ3v) is 12.6. The molecule has 0 bridgehead atoms. The highest BCUT2D eigenvalue weighted by molar-refractivity contribution is 6.74. The van der Waals surface area contributed by atoms with Gasteiger partial charge in [-0.3, -0.25) is 19.5 Å². The number of nitrogens with zero attached hydrogens (tertiary/aromatic N) is 4. The fourth-order valence-electron chi connectivity index (χ4n) is 4.67. The Kier molecular flexibility index (Phi) is 7.30. The first kappa shape index (κ1) is 26.3. The average Bonchev–Trinajstić information content (AvgIpc) is 3.39. The van der Waals surface area contributed by atoms with Crippen LogP contribution in [0.25, 0.3) is 11.4 Å². The molecule has 0 aliphatic carbocycles. The van der Waals surface area contributed by atoms with E-state index in [4.69, 9.17) is 4.43 Å². The van der Waals surface area contributed by atoms with Crippen LogP contribution in [-0.4, -0.2) is 54.2 Å².